The minimum Gasteiger partial charge on any atom is -0.468 e. The van der Waals surface area contributed by atoms with E-state index in [0.717, 1.165) is 24.8 Å². The smallest absolute Gasteiger partial charge is 0.327 e. The Bertz CT molecular complexity index is 317. The highest BCUT2D eigenvalue weighted by Gasteiger charge is 2.55. The van der Waals surface area contributed by atoms with Crippen molar-refractivity contribution in [3.63, 3.8) is 0 Å². The Morgan fingerprint density at radius 2 is 2.00 bits per heavy atom. The lowest BCUT2D eigenvalue weighted by Crippen LogP contribution is -2.28. The fourth-order valence-corrected chi connectivity index (χ4v) is 2.06. The van der Waals surface area contributed by atoms with Gasteiger partial charge in [0.15, 0.2) is 11.2 Å². The monoisotopic (exact) mass is 224 g/mol. The first-order chi connectivity index (χ1) is 7.59. The number of hydrogen-bond donors (Lipinski definition) is 0. The van der Waals surface area contributed by atoms with E-state index in [4.69, 9.17) is 0 Å². The highest BCUT2D eigenvalue weighted by Crippen LogP contribution is 2.48. The van der Waals surface area contributed by atoms with E-state index < -0.39 is 11.4 Å². The van der Waals surface area contributed by atoms with E-state index in [1.165, 1.54) is 26.9 Å². The maximum atomic E-state index is 11.5. The summed E-state index contributed by atoms with van der Waals surface area (Å²) in [7, 11) is 1.33. The number of unbranched alkanes of at least 4 members (excludes halogenated alkanes) is 3. The lowest BCUT2D eigenvalue weighted by Gasteiger charge is -2.12. The van der Waals surface area contributed by atoms with E-state index in [2.05, 4.69) is 11.7 Å². The minimum absolute atomic E-state index is 0.121. The zero-order valence-electron chi connectivity index (χ0n) is 10.3. The second-order valence-electron chi connectivity index (χ2n) is 4.34. The summed E-state index contributed by atoms with van der Waals surface area (Å²) in [4.78, 5) is 23.0. The van der Waals surface area contributed by atoms with Gasteiger partial charge in [0, 0.05) is 0 Å². The first-order valence-corrected chi connectivity index (χ1v) is 5.91. The van der Waals surface area contributed by atoms with E-state index in [1.54, 1.807) is 6.08 Å². The van der Waals surface area contributed by atoms with Crippen molar-refractivity contribution in [3.05, 3.63) is 11.6 Å². The number of rotatable bonds is 7. The largest absolute Gasteiger partial charge is 0.468 e. The highest BCUT2D eigenvalue weighted by atomic mass is 16.5. The Hall–Kier alpha value is -1.12. The molecule has 0 aromatic rings. The lowest BCUT2D eigenvalue weighted by molar-refractivity contribution is -0.149. The van der Waals surface area contributed by atoms with E-state index in [9.17, 15) is 9.59 Å². The quantitative estimate of drug-likeness (QED) is 0.289. The van der Waals surface area contributed by atoms with Gasteiger partial charge in [0.2, 0.25) is 0 Å². The number of Topliss-reactive ketones (excluding diaryl/α,β-unsaturated/α-hetero) is 1. The molecular weight excluding hydrogens is 204 g/mol. The Morgan fingerprint density at radius 1 is 1.31 bits per heavy atom. The zero-order valence-corrected chi connectivity index (χ0v) is 10.3. The molecular formula is C13H20O3. The second-order valence-corrected chi connectivity index (χ2v) is 4.34. The van der Waals surface area contributed by atoms with Gasteiger partial charge in [0.25, 0.3) is 0 Å². The summed E-state index contributed by atoms with van der Waals surface area (Å²) >= 11 is 0. The average Bonchev–Trinajstić information content (AvgIpc) is 2.99. The second kappa shape index (κ2) is 5.28. The molecule has 0 aromatic carbocycles. The fourth-order valence-electron chi connectivity index (χ4n) is 2.06. The topological polar surface area (TPSA) is 43.4 Å². The molecule has 1 atom stereocenters. The summed E-state index contributed by atoms with van der Waals surface area (Å²) in [6.45, 7) is 3.61. The number of carbonyl (C=O) groups is 2. The molecule has 0 saturated heterocycles. The van der Waals surface area contributed by atoms with Crippen LogP contribution < -0.4 is 0 Å². The van der Waals surface area contributed by atoms with Crippen molar-refractivity contribution in [2.24, 2.45) is 5.41 Å². The number of hydrogen-bond acceptors (Lipinski definition) is 3. The highest BCUT2D eigenvalue weighted by molar-refractivity contribution is 6.12. The van der Waals surface area contributed by atoms with Crippen LogP contribution in [0.2, 0.25) is 0 Å². The van der Waals surface area contributed by atoms with Gasteiger partial charge in [-0.05, 0) is 25.3 Å². The zero-order chi connectivity index (χ0) is 12.2. The summed E-state index contributed by atoms with van der Waals surface area (Å²) in [5, 5.41) is 0. The standard InChI is InChI=1S/C13H20O3/c1-4-5-6-7-8-11-9-13(11,10(2)14)12(15)16-3/h9H,4-8H2,1-3H3. The van der Waals surface area contributed by atoms with E-state index in [0.29, 0.717) is 0 Å². The first-order valence-electron chi connectivity index (χ1n) is 5.91. The third kappa shape index (κ3) is 2.34. The van der Waals surface area contributed by atoms with Crippen molar-refractivity contribution in [3.8, 4) is 0 Å². The van der Waals surface area contributed by atoms with Gasteiger partial charge in [-0.2, -0.15) is 0 Å². The van der Waals surface area contributed by atoms with Crippen molar-refractivity contribution >= 4 is 11.8 Å². The molecule has 0 aromatic heterocycles. The van der Waals surface area contributed by atoms with Crippen molar-refractivity contribution in [2.45, 2.75) is 46.0 Å². The van der Waals surface area contributed by atoms with Gasteiger partial charge >= 0.3 is 5.97 Å². The summed E-state index contributed by atoms with van der Waals surface area (Å²) in [6.07, 6.45) is 7.20. The van der Waals surface area contributed by atoms with Gasteiger partial charge in [0.1, 0.15) is 0 Å². The Balaban J connectivity index is 2.44. The molecule has 3 heteroatoms. The molecule has 1 rings (SSSR count). The molecule has 0 amide bonds. The number of methoxy groups -OCH3 is 1. The molecule has 0 fully saturated rings. The molecule has 0 spiro atoms. The molecule has 3 nitrogen and oxygen atoms in total. The van der Waals surface area contributed by atoms with Crippen LogP contribution in [0.15, 0.2) is 11.6 Å². The third-order valence-corrected chi connectivity index (χ3v) is 3.18. The van der Waals surface area contributed by atoms with E-state index in [-0.39, 0.29) is 5.78 Å². The van der Waals surface area contributed by atoms with Crippen LogP contribution in [0.5, 0.6) is 0 Å². The van der Waals surface area contributed by atoms with Gasteiger partial charge in [0.05, 0.1) is 7.11 Å². The maximum absolute atomic E-state index is 11.5. The van der Waals surface area contributed by atoms with Crippen LogP contribution in [0, 0.1) is 5.41 Å². The van der Waals surface area contributed by atoms with E-state index >= 15 is 0 Å². The van der Waals surface area contributed by atoms with Gasteiger partial charge in [-0.1, -0.05) is 32.3 Å². The van der Waals surface area contributed by atoms with Crippen LogP contribution in [-0.4, -0.2) is 18.9 Å². The lowest BCUT2D eigenvalue weighted by atomic mass is 9.93. The van der Waals surface area contributed by atoms with Crippen molar-refractivity contribution < 1.29 is 14.3 Å². The SMILES string of the molecule is CCCCCCC1=CC1(C(C)=O)C(=O)OC. The van der Waals surface area contributed by atoms with Crippen LogP contribution in [0.4, 0.5) is 0 Å². The fraction of sp³-hybridized carbons (Fsp3) is 0.692. The van der Waals surface area contributed by atoms with Gasteiger partial charge in [-0.15, -0.1) is 0 Å². The van der Waals surface area contributed by atoms with Crippen LogP contribution in [0.25, 0.3) is 0 Å². The van der Waals surface area contributed by atoms with Gasteiger partial charge in [-0.3, -0.25) is 9.59 Å². The van der Waals surface area contributed by atoms with Crippen LogP contribution >= 0.6 is 0 Å². The molecule has 16 heavy (non-hydrogen) atoms. The average molecular weight is 224 g/mol. The third-order valence-electron chi connectivity index (χ3n) is 3.18. The number of ketones is 1. The van der Waals surface area contributed by atoms with Crippen LogP contribution in [-0.2, 0) is 14.3 Å². The maximum Gasteiger partial charge on any atom is 0.327 e. The molecule has 1 aliphatic carbocycles. The minimum atomic E-state index is -0.985. The van der Waals surface area contributed by atoms with Crippen molar-refractivity contribution in [1.82, 2.24) is 0 Å². The normalized spacial score (nSPS) is 22.6. The Morgan fingerprint density at radius 3 is 2.50 bits per heavy atom. The number of esters is 1. The summed E-state index contributed by atoms with van der Waals surface area (Å²) in [6, 6.07) is 0. The molecule has 0 bridgehead atoms. The summed E-state index contributed by atoms with van der Waals surface area (Å²) in [5.74, 6) is -0.546. The number of carbonyl (C=O) groups excluding carboxylic acids is 2. The number of ether oxygens (including phenoxy) is 1. The Labute approximate surface area is 96.9 Å². The molecule has 1 aliphatic rings. The Kier molecular flexibility index (Phi) is 4.27. The molecule has 0 saturated carbocycles. The molecule has 90 valence electrons. The van der Waals surface area contributed by atoms with Crippen LogP contribution in [0.1, 0.15) is 46.0 Å². The first kappa shape index (κ1) is 12.9. The van der Waals surface area contributed by atoms with E-state index in [1.807, 2.05) is 0 Å². The molecule has 0 radical (unpaired) electrons. The summed E-state index contributed by atoms with van der Waals surface area (Å²) < 4.78 is 4.68. The molecule has 0 N–H and O–H groups in total. The van der Waals surface area contributed by atoms with Gasteiger partial charge < -0.3 is 4.74 Å². The van der Waals surface area contributed by atoms with Crippen molar-refractivity contribution in [1.29, 1.82) is 0 Å². The van der Waals surface area contributed by atoms with Gasteiger partial charge in [-0.25, -0.2) is 0 Å². The molecule has 0 aliphatic heterocycles. The molecule has 0 heterocycles. The van der Waals surface area contributed by atoms with Crippen LogP contribution in [0.3, 0.4) is 0 Å². The molecule has 1 unspecified atom stereocenters. The van der Waals surface area contributed by atoms with Crippen molar-refractivity contribution in [2.75, 3.05) is 7.11 Å². The predicted molar refractivity (Wildman–Crippen MR) is 62.0 cm³/mol. The summed E-state index contributed by atoms with van der Waals surface area (Å²) in [5.41, 5.74) is -0.0380. The predicted octanol–water partition coefficient (Wildman–Crippen LogP) is 2.65.